The fraction of sp³-hybridized carbons (Fsp3) is 0.867. The number of rotatable bonds is 31. The number of hydrogen-bond acceptors (Lipinski definition) is 7. The predicted molar refractivity (Wildman–Crippen MR) is 219 cm³/mol. The van der Waals surface area contributed by atoms with Gasteiger partial charge in [0.15, 0.2) is 0 Å². The van der Waals surface area contributed by atoms with Crippen LogP contribution >= 0.6 is 0 Å². The molecule has 0 aliphatic carbocycles. The van der Waals surface area contributed by atoms with Gasteiger partial charge in [-0.25, -0.2) is 0 Å². The molecule has 308 valence electrons. The van der Waals surface area contributed by atoms with Gasteiger partial charge >= 0.3 is 0 Å². The first-order valence-corrected chi connectivity index (χ1v) is 20.7. The Hall–Kier alpha value is -1.06. The lowest BCUT2D eigenvalue weighted by atomic mass is 9.83. The summed E-state index contributed by atoms with van der Waals surface area (Å²) in [6.07, 6.45) is 22.0. The quantitative estimate of drug-likeness (QED) is 0.0351. The van der Waals surface area contributed by atoms with Crippen molar-refractivity contribution in [1.82, 2.24) is 0 Å². The van der Waals surface area contributed by atoms with Crippen molar-refractivity contribution in [2.24, 2.45) is 0 Å². The predicted octanol–water partition coefficient (Wildman–Crippen LogP) is 9.93. The molecular weight excluding hydrogens is 652 g/mol. The molecule has 6 atom stereocenters. The molecule has 0 aromatic carbocycles. The zero-order valence-electron chi connectivity index (χ0n) is 35.6. The van der Waals surface area contributed by atoms with Crippen molar-refractivity contribution in [3.63, 3.8) is 0 Å². The van der Waals surface area contributed by atoms with Gasteiger partial charge in [0.1, 0.15) is 0 Å². The van der Waals surface area contributed by atoms with Crippen molar-refractivity contribution >= 4 is 0 Å². The lowest BCUT2D eigenvalue weighted by molar-refractivity contribution is -0.00728. The summed E-state index contributed by atoms with van der Waals surface area (Å²) >= 11 is 0. The lowest BCUT2D eigenvalue weighted by Crippen LogP contribution is -2.31. The van der Waals surface area contributed by atoms with Crippen LogP contribution in [0.25, 0.3) is 0 Å². The van der Waals surface area contributed by atoms with Crippen LogP contribution in [0.1, 0.15) is 210 Å². The molecule has 0 fully saturated rings. The van der Waals surface area contributed by atoms with Crippen molar-refractivity contribution < 1.29 is 35.7 Å². The van der Waals surface area contributed by atoms with E-state index in [0.717, 1.165) is 57.8 Å². The number of aliphatic hydroxyl groups is 7. The zero-order chi connectivity index (χ0) is 40.1. The van der Waals surface area contributed by atoms with Crippen LogP contribution in [0.5, 0.6) is 0 Å². The Kier molecular flexibility index (Phi) is 24.0. The van der Waals surface area contributed by atoms with E-state index >= 15 is 0 Å². The van der Waals surface area contributed by atoms with E-state index in [-0.39, 0.29) is 6.61 Å². The second-order valence-corrected chi connectivity index (χ2v) is 18.7. The summed E-state index contributed by atoms with van der Waals surface area (Å²) in [6.45, 7) is 19.6. The smallest absolute Gasteiger partial charge is 0.0622 e. The first-order valence-electron chi connectivity index (χ1n) is 20.7. The number of allylic oxidation sites excluding steroid dienone is 5. The molecule has 0 aliphatic heterocycles. The van der Waals surface area contributed by atoms with E-state index in [1.807, 2.05) is 54.5 Å². The Bertz CT molecular complexity index is 1040. The van der Waals surface area contributed by atoms with Crippen LogP contribution in [-0.4, -0.2) is 76.0 Å². The number of aliphatic hydroxyl groups excluding tert-OH is 1. The highest BCUT2D eigenvalue weighted by molar-refractivity contribution is 5.03. The van der Waals surface area contributed by atoms with Crippen molar-refractivity contribution in [2.75, 3.05) is 6.61 Å². The molecule has 0 aromatic rings. The van der Waals surface area contributed by atoms with Crippen molar-refractivity contribution in [2.45, 2.75) is 244 Å². The normalized spacial score (nSPS) is 19.9. The second kappa shape index (κ2) is 24.5. The summed E-state index contributed by atoms with van der Waals surface area (Å²) in [5.41, 5.74) is -1.10. The number of hydrogen-bond donors (Lipinski definition) is 7. The minimum atomic E-state index is -0.867. The van der Waals surface area contributed by atoms with Crippen LogP contribution in [0.3, 0.4) is 0 Å². The molecule has 0 radical (unpaired) electrons. The highest BCUT2D eigenvalue weighted by atomic mass is 16.3. The van der Waals surface area contributed by atoms with Gasteiger partial charge in [0, 0.05) is 0 Å². The van der Waals surface area contributed by atoms with E-state index in [9.17, 15) is 30.6 Å². The van der Waals surface area contributed by atoms with Crippen molar-refractivity contribution in [3.8, 4) is 0 Å². The minimum Gasteiger partial charge on any atom is -0.392 e. The van der Waals surface area contributed by atoms with Crippen LogP contribution in [0.15, 0.2) is 34.9 Å². The molecule has 0 aliphatic rings. The summed E-state index contributed by atoms with van der Waals surface area (Å²) in [6, 6.07) is 0. The standard InChI is InChI=1S/C45H86O7/c1-37(2)19-12-24-40(5,47)26-14-28-42(7,49)30-16-32-44(9,51)34-18-35-45(10,52)33-17-31-43(8,50)29-15-27-41(6,48)25-13-22-38(3)20-11-21-39(4)23-36-46/h19-20,23,46-52H,11-18,21-22,24-36H2,1-10H3/b38-20+,39-23+/t40-,41+,42+,43+,44-,45+/m0/s1. The van der Waals surface area contributed by atoms with Crippen LogP contribution in [0.4, 0.5) is 0 Å². The summed E-state index contributed by atoms with van der Waals surface area (Å²) in [5.74, 6) is 0. The molecular formula is C45H86O7. The highest BCUT2D eigenvalue weighted by Crippen LogP contribution is 2.32. The fourth-order valence-electron chi connectivity index (χ4n) is 7.33. The maximum absolute atomic E-state index is 11.0. The minimum absolute atomic E-state index is 0.0920. The molecule has 52 heavy (non-hydrogen) atoms. The Morgan fingerprint density at radius 2 is 0.654 bits per heavy atom. The van der Waals surface area contributed by atoms with Gasteiger partial charge in [-0.3, -0.25) is 0 Å². The second-order valence-electron chi connectivity index (χ2n) is 18.7. The molecule has 0 aromatic heterocycles. The topological polar surface area (TPSA) is 142 Å². The van der Waals surface area contributed by atoms with E-state index in [1.165, 1.54) is 16.7 Å². The van der Waals surface area contributed by atoms with E-state index < -0.39 is 33.6 Å². The molecule has 0 rings (SSSR count). The third-order valence-electron chi connectivity index (χ3n) is 11.1. The SMILES string of the molecule is CC(C)=CCC[C@](C)(O)CCC[C@@](C)(O)CCC[C@](C)(O)CCC[C@](C)(O)CCC[C@](C)(O)CCC[C@](C)(O)CCC/C(C)=C/CC/C(C)=C/CO. The van der Waals surface area contributed by atoms with Gasteiger partial charge in [-0.15, -0.1) is 0 Å². The summed E-state index contributed by atoms with van der Waals surface area (Å²) in [4.78, 5) is 0. The molecule has 0 spiro atoms. The van der Waals surface area contributed by atoms with Crippen molar-refractivity contribution in [1.29, 1.82) is 0 Å². The molecule has 0 saturated carbocycles. The Labute approximate surface area is 320 Å². The fourth-order valence-corrected chi connectivity index (χ4v) is 7.33. The zero-order valence-corrected chi connectivity index (χ0v) is 35.6. The van der Waals surface area contributed by atoms with Gasteiger partial charge in [0.2, 0.25) is 0 Å². The molecule has 0 unspecified atom stereocenters. The molecule has 0 bridgehead atoms. The first kappa shape index (κ1) is 50.9. The average molecular weight is 739 g/mol. The largest absolute Gasteiger partial charge is 0.392 e. The molecule has 7 N–H and O–H groups in total. The van der Waals surface area contributed by atoms with Gasteiger partial charge in [0.05, 0.1) is 40.2 Å². The van der Waals surface area contributed by atoms with Gasteiger partial charge in [-0.05, 0) is 210 Å². The Morgan fingerprint density at radius 1 is 0.365 bits per heavy atom. The van der Waals surface area contributed by atoms with Crippen LogP contribution in [0, 0.1) is 0 Å². The molecule has 0 saturated heterocycles. The maximum Gasteiger partial charge on any atom is 0.0622 e. The summed E-state index contributed by atoms with van der Waals surface area (Å²) < 4.78 is 0. The van der Waals surface area contributed by atoms with E-state index in [4.69, 9.17) is 5.11 Å². The first-order chi connectivity index (χ1) is 23.8. The Morgan fingerprint density at radius 3 is 0.962 bits per heavy atom. The average Bonchev–Trinajstić information content (AvgIpc) is 2.95. The van der Waals surface area contributed by atoms with Crippen LogP contribution in [-0.2, 0) is 0 Å². The van der Waals surface area contributed by atoms with E-state index in [1.54, 1.807) is 0 Å². The molecule has 0 amide bonds. The lowest BCUT2D eigenvalue weighted by Gasteiger charge is -2.30. The van der Waals surface area contributed by atoms with Gasteiger partial charge < -0.3 is 35.7 Å². The monoisotopic (exact) mass is 739 g/mol. The van der Waals surface area contributed by atoms with Gasteiger partial charge in [-0.1, -0.05) is 34.9 Å². The summed E-state index contributed by atoms with van der Waals surface area (Å²) in [5, 5.41) is 74.5. The van der Waals surface area contributed by atoms with E-state index in [2.05, 4.69) is 32.9 Å². The van der Waals surface area contributed by atoms with Gasteiger partial charge in [-0.2, -0.15) is 0 Å². The maximum atomic E-state index is 11.0. The Balaban J connectivity index is 4.36. The molecule has 7 heteroatoms. The summed E-state index contributed by atoms with van der Waals surface area (Å²) in [7, 11) is 0. The van der Waals surface area contributed by atoms with Crippen molar-refractivity contribution in [3.05, 3.63) is 34.9 Å². The van der Waals surface area contributed by atoms with E-state index in [0.29, 0.717) is 83.5 Å². The molecule has 7 nitrogen and oxygen atoms in total. The third-order valence-corrected chi connectivity index (χ3v) is 11.1. The highest BCUT2D eigenvalue weighted by Gasteiger charge is 2.29. The molecule has 0 heterocycles. The van der Waals surface area contributed by atoms with Crippen LogP contribution in [0.2, 0.25) is 0 Å². The van der Waals surface area contributed by atoms with Crippen LogP contribution < -0.4 is 0 Å². The van der Waals surface area contributed by atoms with Gasteiger partial charge in [0.25, 0.3) is 0 Å². The third kappa shape index (κ3) is 29.3.